The van der Waals surface area contributed by atoms with E-state index in [1.165, 1.54) is 10.6 Å². The lowest BCUT2D eigenvalue weighted by molar-refractivity contribution is -0.116. The minimum atomic E-state index is -0.349. The van der Waals surface area contributed by atoms with Gasteiger partial charge in [0.05, 0.1) is 12.3 Å². The Morgan fingerprint density at radius 3 is 2.47 bits per heavy atom. The quantitative estimate of drug-likeness (QED) is 0.621. The maximum Gasteiger partial charge on any atom is 0.255 e. The molecule has 1 aromatic heterocycles. The van der Waals surface area contributed by atoms with Crippen LogP contribution >= 0.6 is 0 Å². The number of aromatic nitrogens is 2. The molecular weight excluding hydrogens is 380 g/mol. The number of benzene rings is 2. The third kappa shape index (κ3) is 5.26. The SMILES string of the molecule is CCOc1ccccc1NC(=O)Cn1c(Nc2cc(C)cc(C)c2)nc(C)cc1=O. The number of amides is 1. The molecule has 7 nitrogen and oxygen atoms in total. The van der Waals surface area contributed by atoms with E-state index in [1.807, 2.05) is 45.0 Å². The van der Waals surface area contributed by atoms with Crippen molar-refractivity contribution in [1.82, 2.24) is 9.55 Å². The number of nitrogens with one attached hydrogen (secondary N) is 2. The van der Waals surface area contributed by atoms with Gasteiger partial charge in [-0.15, -0.1) is 0 Å². The predicted octanol–water partition coefficient (Wildman–Crippen LogP) is 3.95. The molecule has 0 radical (unpaired) electrons. The number of aryl methyl sites for hydroxylation is 3. The molecule has 0 bridgehead atoms. The summed E-state index contributed by atoms with van der Waals surface area (Å²) in [6.45, 7) is 7.92. The summed E-state index contributed by atoms with van der Waals surface area (Å²) in [5, 5.41) is 6.00. The van der Waals surface area contributed by atoms with E-state index < -0.39 is 0 Å². The van der Waals surface area contributed by atoms with Gasteiger partial charge in [0.2, 0.25) is 11.9 Å². The topological polar surface area (TPSA) is 85.2 Å². The second-order valence-corrected chi connectivity index (χ2v) is 7.12. The maximum absolute atomic E-state index is 12.7. The van der Waals surface area contributed by atoms with Gasteiger partial charge in [0.25, 0.3) is 5.56 Å². The Balaban J connectivity index is 1.87. The van der Waals surface area contributed by atoms with Crippen molar-refractivity contribution in [3.8, 4) is 5.75 Å². The largest absolute Gasteiger partial charge is 0.492 e. The lowest BCUT2D eigenvalue weighted by Gasteiger charge is -2.16. The average Bonchev–Trinajstić information content (AvgIpc) is 2.65. The number of ether oxygens (including phenoxy) is 1. The molecule has 156 valence electrons. The summed E-state index contributed by atoms with van der Waals surface area (Å²) in [5.41, 5.74) is 3.81. The van der Waals surface area contributed by atoms with Gasteiger partial charge in [-0.05, 0) is 63.1 Å². The van der Waals surface area contributed by atoms with Crippen molar-refractivity contribution < 1.29 is 9.53 Å². The fourth-order valence-electron chi connectivity index (χ4n) is 3.23. The molecule has 3 aromatic rings. The molecule has 0 saturated heterocycles. The van der Waals surface area contributed by atoms with E-state index in [1.54, 1.807) is 19.1 Å². The van der Waals surface area contributed by atoms with Crippen LogP contribution in [0, 0.1) is 20.8 Å². The zero-order valence-corrected chi connectivity index (χ0v) is 17.7. The standard InChI is InChI=1S/C23H26N4O3/c1-5-30-20-9-7-6-8-19(20)26-21(28)14-27-22(29)13-17(4)24-23(27)25-18-11-15(2)10-16(3)12-18/h6-13H,5,14H2,1-4H3,(H,24,25)(H,26,28). The molecule has 7 heteroatoms. The van der Waals surface area contributed by atoms with Gasteiger partial charge in [0.15, 0.2) is 0 Å². The summed E-state index contributed by atoms with van der Waals surface area (Å²) in [7, 11) is 0. The molecule has 1 amide bonds. The number of rotatable bonds is 7. The highest BCUT2D eigenvalue weighted by Gasteiger charge is 2.14. The van der Waals surface area contributed by atoms with E-state index in [2.05, 4.69) is 21.7 Å². The van der Waals surface area contributed by atoms with Crippen LogP contribution in [0.5, 0.6) is 5.75 Å². The Labute approximate surface area is 175 Å². The van der Waals surface area contributed by atoms with Crippen LogP contribution in [0.25, 0.3) is 0 Å². The average molecular weight is 406 g/mol. The van der Waals surface area contributed by atoms with Crippen LogP contribution in [0.4, 0.5) is 17.3 Å². The van der Waals surface area contributed by atoms with E-state index in [0.717, 1.165) is 16.8 Å². The molecule has 2 aromatic carbocycles. The van der Waals surface area contributed by atoms with Crippen molar-refractivity contribution in [3.05, 3.63) is 75.7 Å². The lowest BCUT2D eigenvalue weighted by Crippen LogP contribution is -2.30. The van der Waals surface area contributed by atoms with E-state index in [0.29, 0.717) is 29.7 Å². The van der Waals surface area contributed by atoms with Gasteiger partial charge in [0.1, 0.15) is 12.3 Å². The third-order valence-electron chi connectivity index (χ3n) is 4.38. The van der Waals surface area contributed by atoms with E-state index in [9.17, 15) is 9.59 Å². The molecule has 0 aliphatic rings. The summed E-state index contributed by atoms with van der Waals surface area (Å²) in [5.74, 6) is 0.549. The molecule has 2 N–H and O–H groups in total. The third-order valence-corrected chi connectivity index (χ3v) is 4.38. The molecule has 0 aliphatic carbocycles. The molecule has 3 rings (SSSR count). The summed E-state index contributed by atoms with van der Waals surface area (Å²) >= 11 is 0. The lowest BCUT2D eigenvalue weighted by atomic mass is 10.1. The van der Waals surface area contributed by atoms with Gasteiger partial charge >= 0.3 is 0 Å². The van der Waals surface area contributed by atoms with Crippen molar-refractivity contribution in [1.29, 1.82) is 0 Å². The second-order valence-electron chi connectivity index (χ2n) is 7.12. The van der Waals surface area contributed by atoms with Crippen LogP contribution in [-0.4, -0.2) is 22.1 Å². The normalized spacial score (nSPS) is 10.5. The molecule has 0 unspecified atom stereocenters. The van der Waals surface area contributed by atoms with E-state index >= 15 is 0 Å². The highest BCUT2D eigenvalue weighted by Crippen LogP contribution is 2.24. The van der Waals surface area contributed by atoms with Crippen LogP contribution in [0.15, 0.2) is 53.3 Å². The first-order chi connectivity index (χ1) is 14.4. The number of carbonyl (C=O) groups excluding carboxylic acids is 1. The Hall–Kier alpha value is -3.61. The minimum absolute atomic E-state index is 0.181. The number of para-hydroxylation sites is 2. The van der Waals surface area contributed by atoms with Crippen LogP contribution < -0.4 is 20.9 Å². The van der Waals surface area contributed by atoms with Crippen LogP contribution in [0.2, 0.25) is 0 Å². The number of carbonyl (C=O) groups is 1. The van der Waals surface area contributed by atoms with Gasteiger partial charge < -0.3 is 15.4 Å². The van der Waals surface area contributed by atoms with Gasteiger partial charge in [-0.2, -0.15) is 0 Å². The molecule has 0 fully saturated rings. The highest BCUT2D eigenvalue weighted by atomic mass is 16.5. The smallest absolute Gasteiger partial charge is 0.255 e. The van der Waals surface area contributed by atoms with Crippen molar-refractivity contribution in [2.75, 3.05) is 17.2 Å². The number of nitrogens with zero attached hydrogens (tertiary/aromatic N) is 2. The summed E-state index contributed by atoms with van der Waals surface area (Å²) in [4.78, 5) is 29.8. The first-order valence-corrected chi connectivity index (χ1v) is 9.81. The summed E-state index contributed by atoms with van der Waals surface area (Å²) < 4.78 is 6.87. The van der Waals surface area contributed by atoms with Crippen molar-refractivity contribution in [2.45, 2.75) is 34.2 Å². The minimum Gasteiger partial charge on any atom is -0.492 e. The van der Waals surface area contributed by atoms with Crippen LogP contribution in [0.3, 0.4) is 0 Å². The van der Waals surface area contributed by atoms with Crippen molar-refractivity contribution in [2.24, 2.45) is 0 Å². The number of hydrogen-bond acceptors (Lipinski definition) is 5. The number of anilines is 3. The van der Waals surface area contributed by atoms with E-state index in [-0.39, 0.29) is 18.0 Å². The molecule has 0 saturated carbocycles. The van der Waals surface area contributed by atoms with Gasteiger partial charge in [-0.25, -0.2) is 4.98 Å². The predicted molar refractivity (Wildman–Crippen MR) is 119 cm³/mol. The van der Waals surface area contributed by atoms with Crippen molar-refractivity contribution in [3.63, 3.8) is 0 Å². The fourth-order valence-corrected chi connectivity index (χ4v) is 3.23. The zero-order valence-electron chi connectivity index (χ0n) is 17.7. The molecule has 0 aliphatic heterocycles. The first kappa shape index (κ1) is 21.1. The first-order valence-electron chi connectivity index (χ1n) is 9.81. The fraction of sp³-hybridized carbons (Fsp3) is 0.261. The maximum atomic E-state index is 12.7. The highest BCUT2D eigenvalue weighted by molar-refractivity contribution is 5.92. The number of hydrogen-bond donors (Lipinski definition) is 2. The molecule has 1 heterocycles. The molecule has 30 heavy (non-hydrogen) atoms. The van der Waals surface area contributed by atoms with E-state index in [4.69, 9.17) is 4.74 Å². The van der Waals surface area contributed by atoms with Crippen LogP contribution in [-0.2, 0) is 11.3 Å². The Morgan fingerprint density at radius 2 is 1.77 bits per heavy atom. The molecule has 0 spiro atoms. The molecule has 0 atom stereocenters. The second kappa shape index (κ2) is 9.26. The monoisotopic (exact) mass is 406 g/mol. The Kier molecular flexibility index (Phi) is 6.51. The zero-order chi connectivity index (χ0) is 21.7. The van der Waals surface area contributed by atoms with Gasteiger partial charge in [0, 0.05) is 17.4 Å². The van der Waals surface area contributed by atoms with Gasteiger partial charge in [-0.3, -0.25) is 14.2 Å². The Bertz CT molecular complexity index is 1100. The summed E-state index contributed by atoms with van der Waals surface area (Å²) in [6, 6.07) is 14.6. The summed E-state index contributed by atoms with van der Waals surface area (Å²) in [6.07, 6.45) is 0. The Morgan fingerprint density at radius 1 is 1.07 bits per heavy atom. The van der Waals surface area contributed by atoms with Crippen molar-refractivity contribution >= 4 is 23.2 Å². The van der Waals surface area contributed by atoms with Crippen LogP contribution in [0.1, 0.15) is 23.7 Å². The van der Waals surface area contributed by atoms with Gasteiger partial charge in [-0.1, -0.05) is 18.2 Å². The molecular formula is C23H26N4O3.